The number of nitrogens with zero attached hydrogens (tertiary/aromatic N) is 2. The number of rotatable bonds is 5. The summed E-state index contributed by atoms with van der Waals surface area (Å²) in [5.41, 5.74) is 0. The van der Waals surface area contributed by atoms with E-state index < -0.39 is 0 Å². The molecule has 1 aromatic rings. The fraction of sp³-hybridized carbons (Fsp3) is 0.556. The van der Waals surface area contributed by atoms with Crippen LogP contribution in [-0.4, -0.2) is 33.9 Å². The van der Waals surface area contributed by atoms with E-state index in [1.165, 1.54) is 0 Å². The van der Waals surface area contributed by atoms with Crippen molar-refractivity contribution in [3.8, 4) is 0 Å². The quantitative estimate of drug-likeness (QED) is 0.676. The van der Waals surface area contributed by atoms with Gasteiger partial charge in [-0.15, -0.1) is 0 Å². The topological polar surface area (TPSA) is 67.2 Å². The molecule has 14 heavy (non-hydrogen) atoms. The van der Waals surface area contributed by atoms with E-state index in [-0.39, 0.29) is 25.0 Å². The first-order valence-corrected chi connectivity index (χ1v) is 4.57. The van der Waals surface area contributed by atoms with Gasteiger partial charge in [0.15, 0.2) is 0 Å². The highest BCUT2D eigenvalue weighted by molar-refractivity contribution is 5.75. The van der Waals surface area contributed by atoms with Crippen LogP contribution in [0.4, 0.5) is 0 Å². The Labute approximate surface area is 82.7 Å². The molecule has 0 saturated heterocycles. The molecule has 0 aliphatic carbocycles. The Morgan fingerprint density at radius 3 is 3.07 bits per heavy atom. The van der Waals surface area contributed by atoms with Crippen molar-refractivity contribution in [2.75, 3.05) is 13.2 Å². The molecule has 0 saturated carbocycles. The van der Waals surface area contributed by atoms with E-state index in [4.69, 9.17) is 5.11 Å². The molecule has 1 amide bonds. The number of amides is 1. The van der Waals surface area contributed by atoms with E-state index in [0.29, 0.717) is 6.54 Å². The molecule has 0 aliphatic heterocycles. The second-order valence-corrected chi connectivity index (χ2v) is 3.30. The van der Waals surface area contributed by atoms with Crippen molar-refractivity contribution in [3.63, 3.8) is 0 Å². The molecule has 2 N–H and O–H groups in total. The molecular formula is C9H15N3O2. The molecule has 1 heterocycles. The standard InChI is InChI=1S/C9H15N3O2/c1-8(7-13)5-10-9(14)6-12-4-2-3-11-12/h2-4,8,13H,5-7H2,1H3,(H,10,14). The molecule has 5 nitrogen and oxygen atoms in total. The predicted molar refractivity (Wildman–Crippen MR) is 51.5 cm³/mol. The van der Waals surface area contributed by atoms with Gasteiger partial charge in [0.1, 0.15) is 6.54 Å². The lowest BCUT2D eigenvalue weighted by Crippen LogP contribution is -2.32. The second kappa shape index (κ2) is 5.39. The number of aromatic nitrogens is 2. The minimum atomic E-state index is -0.0889. The van der Waals surface area contributed by atoms with Crippen LogP contribution < -0.4 is 5.32 Å². The number of carbonyl (C=O) groups is 1. The Morgan fingerprint density at radius 2 is 2.50 bits per heavy atom. The Balaban J connectivity index is 2.23. The number of carbonyl (C=O) groups excluding carboxylic acids is 1. The third kappa shape index (κ3) is 3.57. The van der Waals surface area contributed by atoms with Gasteiger partial charge >= 0.3 is 0 Å². The number of aliphatic hydroxyl groups excluding tert-OH is 1. The fourth-order valence-corrected chi connectivity index (χ4v) is 0.950. The Kier molecular flexibility index (Phi) is 4.12. The highest BCUT2D eigenvalue weighted by Crippen LogP contribution is 1.89. The third-order valence-corrected chi connectivity index (χ3v) is 1.82. The molecule has 1 aromatic heterocycles. The maximum atomic E-state index is 11.3. The van der Waals surface area contributed by atoms with Gasteiger partial charge in [0, 0.05) is 25.5 Å². The number of nitrogens with one attached hydrogen (secondary N) is 1. The van der Waals surface area contributed by atoms with Crippen LogP contribution in [0.2, 0.25) is 0 Å². The lowest BCUT2D eigenvalue weighted by Gasteiger charge is -2.09. The summed E-state index contributed by atoms with van der Waals surface area (Å²) in [4.78, 5) is 11.3. The molecule has 0 radical (unpaired) electrons. The van der Waals surface area contributed by atoms with Gasteiger partial charge in [0.25, 0.3) is 0 Å². The highest BCUT2D eigenvalue weighted by atomic mass is 16.3. The molecule has 1 rings (SSSR count). The highest BCUT2D eigenvalue weighted by Gasteiger charge is 2.04. The summed E-state index contributed by atoms with van der Waals surface area (Å²) in [5, 5.41) is 15.4. The minimum Gasteiger partial charge on any atom is -0.396 e. The minimum absolute atomic E-state index is 0.0854. The van der Waals surface area contributed by atoms with E-state index in [1.54, 1.807) is 23.1 Å². The van der Waals surface area contributed by atoms with Crippen molar-refractivity contribution in [2.45, 2.75) is 13.5 Å². The first-order valence-electron chi connectivity index (χ1n) is 4.57. The van der Waals surface area contributed by atoms with E-state index >= 15 is 0 Å². The molecular weight excluding hydrogens is 182 g/mol. The largest absolute Gasteiger partial charge is 0.396 e. The van der Waals surface area contributed by atoms with Crippen molar-refractivity contribution < 1.29 is 9.90 Å². The maximum Gasteiger partial charge on any atom is 0.241 e. The van der Waals surface area contributed by atoms with Gasteiger partial charge in [-0.3, -0.25) is 9.48 Å². The summed E-state index contributed by atoms with van der Waals surface area (Å²) in [7, 11) is 0. The zero-order valence-corrected chi connectivity index (χ0v) is 8.18. The van der Waals surface area contributed by atoms with Gasteiger partial charge in [0.2, 0.25) is 5.91 Å². The monoisotopic (exact) mass is 197 g/mol. The molecule has 1 unspecified atom stereocenters. The smallest absolute Gasteiger partial charge is 0.241 e. The number of hydrogen-bond donors (Lipinski definition) is 2. The summed E-state index contributed by atoms with van der Waals surface area (Å²) >= 11 is 0. The lowest BCUT2D eigenvalue weighted by atomic mass is 10.2. The van der Waals surface area contributed by atoms with Gasteiger partial charge < -0.3 is 10.4 Å². The zero-order valence-electron chi connectivity index (χ0n) is 8.18. The van der Waals surface area contributed by atoms with Gasteiger partial charge in [-0.1, -0.05) is 6.92 Å². The van der Waals surface area contributed by atoms with Gasteiger partial charge in [-0.2, -0.15) is 5.10 Å². The summed E-state index contributed by atoms with van der Waals surface area (Å²) in [6, 6.07) is 1.77. The molecule has 0 bridgehead atoms. The van der Waals surface area contributed by atoms with Crippen LogP contribution in [0.15, 0.2) is 18.5 Å². The first kappa shape index (κ1) is 10.7. The van der Waals surface area contributed by atoms with E-state index in [1.807, 2.05) is 6.92 Å². The van der Waals surface area contributed by atoms with Crippen LogP contribution in [-0.2, 0) is 11.3 Å². The zero-order chi connectivity index (χ0) is 10.4. The maximum absolute atomic E-state index is 11.3. The van der Waals surface area contributed by atoms with Gasteiger partial charge in [-0.05, 0) is 12.0 Å². The van der Waals surface area contributed by atoms with Crippen molar-refractivity contribution >= 4 is 5.91 Å². The van der Waals surface area contributed by atoms with Crippen molar-refractivity contribution in [1.29, 1.82) is 0 Å². The summed E-state index contributed by atoms with van der Waals surface area (Å²) in [6.45, 7) is 2.68. The van der Waals surface area contributed by atoms with Crippen LogP contribution in [0.1, 0.15) is 6.92 Å². The summed E-state index contributed by atoms with van der Waals surface area (Å²) in [5.74, 6) is 0.00516. The lowest BCUT2D eigenvalue weighted by molar-refractivity contribution is -0.122. The number of hydrogen-bond acceptors (Lipinski definition) is 3. The van der Waals surface area contributed by atoms with Crippen molar-refractivity contribution in [2.24, 2.45) is 5.92 Å². The number of aliphatic hydroxyl groups is 1. The fourth-order valence-electron chi connectivity index (χ4n) is 0.950. The summed E-state index contributed by atoms with van der Waals surface area (Å²) in [6.07, 6.45) is 3.36. The van der Waals surface area contributed by atoms with Crippen molar-refractivity contribution in [3.05, 3.63) is 18.5 Å². The molecule has 0 aromatic carbocycles. The Morgan fingerprint density at radius 1 is 1.71 bits per heavy atom. The third-order valence-electron chi connectivity index (χ3n) is 1.82. The molecule has 0 fully saturated rings. The Hall–Kier alpha value is -1.36. The Bertz CT molecular complexity index is 272. The van der Waals surface area contributed by atoms with E-state index in [0.717, 1.165) is 0 Å². The van der Waals surface area contributed by atoms with Crippen LogP contribution in [0.25, 0.3) is 0 Å². The van der Waals surface area contributed by atoms with Crippen LogP contribution in [0, 0.1) is 5.92 Å². The van der Waals surface area contributed by atoms with E-state index in [2.05, 4.69) is 10.4 Å². The molecule has 0 aliphatic rings. The molecule has 0 spiro atoms. The van der Waals surface area contributed by atoms with E-state index in [9.17, 15) is 4.79 Å². The van der Waals surface area contributed by atoms with Crippen LogP contribution >= 0.6 is 0 Å². The predicted octanol–water partition coefficient (Wildman–Crippen LogP) is -0.372. The summed E-state index contributed by atoms with van der Waals surface area (Å²) < 4.78 is 1.55. The van der Waals surface area contributed by atoms with Gasteiger partial charge in [0.05, 0.1) is 0 Å². The average molecular weight is 197 g/mol. The first-order chi connectivity index (χ1) is 6.72. The van der Waals surface area contributed by atoms with Crippen molar-refractivity contribution in [1.82, 2.24) is 15.1 Å². The molecule has 5 heteroatoms. The van der Waals surface area contributed by atoms with Gasteiger partial charge in [-0.25, -0.2) is 0 Å². The second-order valence-electron chi connectivity index (χ2n) is 3.30. The molecule has 1 atom stereocenters. The molecule has 78 valence electrons. The normalized spacial score (nSPS) is 12.4. The SMILES string of the molecule is CC(CO)CNC(=O)Cn1cccn1. The average Bonchev–Trinajstić information content (AvgIpc) is 2.66. The van der Waals surface area contributed by atoms with Crippen LogP contribution in [0.3, 0.4) is 0 Å². The van der Waals surface area contributed by atoms with Crippen LogP contribution in [0.5, 0.6) is 0 Å².